The summed E-state index contributed by atoms with van der Waals surface area (Å²) in [4.78, 5) is 0. The van der Waals surface area contributed by atoms with Gasteiger partial charge in [-0.1, -0.05) is 38.2 Å². The summed E-state index contributed by atoms with van der Waals surface area (Å²) in [6.07, 6.45) is 11.8. The highest BCUT2D eigenvalue weighted by molar-refractivity contribution is 5.46. The summed E-state index contributed by atoms with van der Waals surface area (Å²) in [7, 11) is 0. The van der Waals surface area contributed by atoms with Gasteiger partial charge < -0.3 is 0 Å². The van der Waals surface area contributed by atoms with Gasteiger partial charge in [-0.05, 0) is 35.8 Å². The van der Waals surface area contributed by atoms with Gasteiger partial charge in [-0.15, -0.1) is 0 Å². The highest BCUT2D eigenvalue weighted by Gasteiger charge is 2.18. The van der Waals surface area contributed by atoms with Gasteiger partial charge in [-0.2, -0.15) is 0 Å². The zero-order valence-electron chi connectivity index (χ0n) is 7.88. The Hall–Kier alpha value is -0.780. The lowest BCUT2D eigenvalue weighted by Crippen LogP contribution is -2.10. The molecule has 0 N–H and O–H groups in total. The van der Waals surface area contributed by atoms with Crippen LogP contribution < -0.4 is 0 Å². The van der Waals surface area contributed by atoms with Crippen LogP contribution in [0.4, 0.5) is 0 Å². The van der Waals surface area contributed by atoms with Crippen molar-refractivity contribution in [3.05, 3.63) is 35.5 Å². The molecule has 0 heterocycles. The smallest absolute Gasteiger partial charge is 0.0153 e. The topological polar surface area (TPSA) is 0 Å². The molecule has 64 valence electrons. The minimum absolute atomic E-state index is 0.740. The van der Waals surface area contributed by atoms with E-state index in [0.717, 1.165) is 11.8 Å². The molecule has 0 bridgehead atoms. The monoisotopic (exact) mass is 160 g/mol. The first kappa shape index (κ1) is 7.85. The van der Waals surface area contributed by atoms with Gasteiger partial charge in [0.05, 0.1) is 0 Å². The lowest BCUT2D eigenvalue weighted by atomic mass is 9.80. The molecule has 0 amide bonds. The summed E-state index contributed by atoms with van der Waals surface area (Å²) in [6, 6.07) is 0. The molecule has 0 aliphatic heterocycles. The Morgan fingerprint density at radius 2 is 2.08 bits per heavy atom. The molecule has 2 rings (SSSR count). The molecule has 0 radical (unpaired) electrons. The van der Waals surface area contributed by atoms with Crippen molar-refractivity contribution in [2.24, 2.45) is 11.8 Å². The number of hydrogen-bond acceptors (Lipinski definition) is 0. The summed E-state index contributed by atoms with van der Waals surface area (Å²) in [5.41, 5.74) is 3.06. The van der Waals surface area contributed by atoms with Crippen molar-refractivity contribution in [1.82, 2.24) is 0 Å². The summed E-state index contributed by atoms with van der Waals surface area (Å²) in [6.45, 7) is 4.62. The van der Waals surface area contributed by atoms with E-state index in [1.54, 1.807) is 5.57 Å². The quantitative estimate of drug-likeness (QED) is 0.509. The van der Waals surface area contributed by atoms with Crippen LogP contribution >= 0.6 is 0 Å². The van der Waals surface area contributed by atoms with Crippen molar-refractivity contribution in [1.29, 1.82) is 0 Å². The Labute approximate surface area is 74.7 Å². The van der Waals surface area contributed by atoms with Crippen LogP contribution in [-0.4, -0.2) is 0 Å². The summed E-state index contributed by atoms with van der Waals surface area (Å²) < 4.78 is 0. The normalized spacial score (nSPS) is 33.8. The van der Waals surface area contributed by atoms with Crippen LogP contribution in [0, 0.1) is 11.8 Å². The van der Waals surface area contributed by atoms with Gasteiger partial charge in [0.25, 0.3) is 0 Å². The molecule has 0 nitrogen and oxygen atoms in total. The maximum Gasteiger partial charge on any atom is -0.0153 e. The molecule has 2 atom stereocenters. The van der Waals surface area contributed by atoms with Crippen molar-refractivity contribution >= 4 is 0 Å². The molecule has 0 fully saturated rings. The second-order valence-corrected chi connectivity index (χ2v) is 4.03. The second kappa shape index (κ2) is 2.93. The fourth-order valence-corrected chi connectivity index (χ4v) is 2.04. The van der Waals surface area contributed by atoms with Crippen LogP contribution in [0.1, 0.15) is 26.7 Å². The van der Waals surface area contributed by atoms with Crippen LogP contribution in [0.2, 0.25) is 0 Å². The number of rotatable bonds is 0. The third kappa shape index (κ3) is 1.26. The SMILES string of the molecule is CC1C=C2C(=CC1)C=CCC2C. The van der Waals surface area contributed by atoms with Crippen LogP contribution in [-0.2, 0) is 0 Å². The highest BCUT2D eigenvalue weighted by Crippen LogP contribution is 2.33. The van der Waals surface area contributed by atoms with E-state index in [2.05, 4.69) is 38.2 Å². The van der Waals surface area contributed by atoms with E-state index >= 15 is 0 Å². The molecule has 12 heavy (non-hydrogen) atoms. The van der Waals surface area contributed by atoms with E-state index in [0.29, 0.717) is 0 Å². The van der Waals surface area contributed by atoms with Gasteiger partial charge in [0, 0.05) is 0 Å². The first-order valence-corrected chi connectivity index (χ1v) is 4.86. The Morgan fingerprint density at radius 3 is 2.92 bits per heavy atom. The summed E-state index contributed by atoms with van der Waals surface area (Å²) in [5, 5.41) is 0. The van der Waals surface area contributed by atoms with E-state index < -0.39 is 0 Å². The lowest BCUT2D eigenvalue weighted by Gasteiger charge is -2.25. The molecule has 0 heteroatoms. The number of fused-ring (bicyclic) bond motifs is 1. The summed E-state index contributed by atoms with van der Waals surface area (Å²) >= 11 is 0. The number of hydrogen-bond donors (Lipinski definition) is 0. The van der Waals surface area contributed by atoms with E-state index in [-0.39, 0.29) is 0 Å². The molecule has 0 saturated heterocycles. The maximum absolute atomic E-state index is 2.45. The minimum atomic E-state index is 0.740. The molecule has 0 aromatic rings. The van der Waals surface area contributed by atoms with Crippen molar-refractivity contribution in [3.8, 4) is 0 Å². The Morgan fingerprint density at radius 1 is 1.25 bits per heavy atom. The van der Waals surface area contributed by atoms with Gasteiger partial charge in [0.1, 0.15) is 0 Å². The van der Waals surface area contributed by atoms with Gasteiger partial charge in [-0.25, -0.2) is 0 Å². The largest absolute Gasteiger partial charge is 0.0833 e. The fraction of sp³-hybridized carbons (Fsp3) is 0.500. The minimum Gasteiger partial charge on any atom is -0.0833 e. The van der Waals surface area contributed by atoms with E-state index in [4.69, 9.17) is 0 Å². The van der Waals surface area contributed by atoms with Crippen molar-refractivity contribution in [2.75, 3.05) is 0 Å². The molecule has 0 aromatic carbocycles. The zero-order chi connectivity index (χ0) is 8.55. The average molecular weight is 160 g/mol. The van der Waals surface area contributed by atoms with Gasteiger partial charge in [-0.3, -0.25) is 0 Å². The summed E-state index contributed by atoms with van der Waals surface area (Å²) in [5.74, 6) is 1.49. The zero-order valence-corrected chi connectivity index (χ0v) is 7.88. The second-order valence-electron chi connectivity index (χ2n) is 4.03. The standard InChI is InChI=1S/C12H16/c1-9-6-7-11-5-3-4-10(2)12(11)8-9/h3,5,7-10H,4,6H2,1-2H3. The predicted octanol–water partition coefficient (Wildman–Crippen LogP) is 3.48. The third-order valence-electron chi connectivity index (χ3n) is 2.82. The molecule has 0 aromatic heterocycles. The molecular weight excluding hydrogens is 144 g/mol. The lowest BCUT2D eigenvalue weighted by molar-refractivity contribution is 0.642. The number of allylic oxidation sites excluding steroid dienone is 6. The average Bonchev–Trinajstić information content (AvgIpc) is 2.07. The van der Waals surface area contributed by atoms with Crippen LogP contribution in [0.15, 0.2) is 35.5 Å². The Kier molecular flexibility index (Phi) is 1.92. The molecule has 0 spiro atoms. The third-order valence-corrected chi connectivity index (χ3v) is 2.82. The van der Waals surface area contributed by atoms with Crippen molar-refractivity contribution in [2.45, 2.75) is 26.7 Å². The first-order valence-electron chi connectivity index (χ1n) is 4.86. The first-order chi connectivity index (χ1) is 5.77. The maximum atomic E-state index is 2.45. The van der Waals surface area contributed by atoms with Gasteiger partial charge in [0.2, 0.25) is 0 Å². The fourth-order valence-electron chi connectivity index (χ4n) is 2.04. The van der Waals surface area contributed by atoms with Crippen LogP contribution in [0.3, 0.4) is 0 Å². The van der Waals surface area contributed by atoms with Crippen molar-refractivity contribution < 1.29 is 0 Å². The van der Waals surface area contributed by atoms with E-state index in [1.165, 1.54) is 18.4 Å². The van der Waals surface area contributed by atoms with Gasteiger partial charge in [0.15, 0.2) is 0 Å². The molecule has 2 unspecified atom stereocenters. The van der Waals surface area contributed by atoms with Gasteiger partial charge >= 0.3 is 0 Å². The molecule has 2 aliphatic rings. The Bertz CT molecular complexity index is 266. The predicted molar refractivity (Wildman–Crippen MR) is 52.9 cm³/mol. The highest BCUT2D eigenvalue weighted by atomic mass is 14.2. The molecular formula is C12H16. The van der Waals surface area contributed by atoms with Crippen molar-refractivity contribution in [3.63, 3.8) is 0 Å². The molecule has 2 aliphatic carbocycles. The van der Waals surface area contributed by atoms with Crippen LogP contribution in [0.25, 0.3) is 0 Å². The van der Waals surface area contributed by atoms with E-state index in [1.807, 2.05) is 0 Å². The van der Waals surface area contributed by atoms with Crippen LogP contribution in [0.5, 0.6) is 0 Å². The molecule has 0 saturated carbocycles. The Balaban J connectivity index is 2.35. The van der Waals surface area contributed by atoms with E-state index in [9.17, 15) is 0 Å².